The van der Waals surface area contributed by atoms with E-state index in [0.29, 0.717) is 5.92 Å². The molecule has 1 heterocycles. The molecule has 0 unspecified atom stereocenters. The van der Waals surface area contributed by atoms with Crippen LogP contribution in [0.4, 0.5) is 4.79 Å². The van der Waals surface area contributed by atoms with E-state index in [1.807, 2.05) is 20.8 Å². The van der Waals surface area contributed by atoms with Crippen molar-refractivity contribution in [3.63, 3.8) is 0 Å². The molecule has 1 amide bonds. The van der Waals surface area contributed by atoms with Crippen molar-refractivity contribution in [2.45, 2.75) is 64.1 Å². The number of oxime groups is 1. The number of carbonyl (C=O) groups is 1. The van der Waals surface area contributed by atoms with Crippen LogP contribution in [0.2, 0.25) is 0 Å². The summed E-state index contributed by atoms with van der Waals surface area (Å²) in [5, 5.41) is 12.3. The van der Waals surface area contributed by atoms with Crippen molar-refractivity contribution in [1.82, 2.24) is 9.80 Å². The summed E-state index contributed by atoms with van der Waals surface area (Å²) in [5.41, 5.74) is 5.43. The average molecular weight is 326 g/mol. The minimum Gasteiger partial charge on any atom is -0.444 e. The van der Waals surface area contributed by atoms with E-state index in [0.717, 1.165) is 25.9 Å². The Balaban J connectivity index is 1.92. The maximum atomic E-state index is 12.1. The van der Waals surface area contributed by atoms with Gasteiger partial charge in [-0.05, 0) is 39.5 Å². The lowest BCUT2D eigenvalue weighted by Gasteiger charge is -2.48. The fourth-order valence-electron chi connectivity index (χ4n) is 3.50. The molecule has 1 atom stereocenters. The number of amides is 1. The molecule has 0 radical (unpaired) electrons. The Hall–Kier alpha value is -1.50. The Kier molecular flexibility index (Phi) is 5.39. The van der Waals surface area contributed by atoms with Crippen LogP contribution in [0.1, 0.15) is 46.5 Å². The van der Waals surface area contributed by atoms with Crippen molar-refractivity contribution in [2.75, 3.05) is 20.1 Å². The number of likely N-dealkylation sites (N-methyl/N-ethyl adjacent to an activating group) is 1. The number of amidine groups is 1. The van der Waals surface area contributed by atoms with E-state index in [9.17, 15) is 4.79 Å². The normalized spacial score (nSPS) is 22.7. The number of nitrogens with two attached hydrogens (primary N) is 1. The third-order valence-corrected chi connectivity index (χ3v) is 4.78. The van der Waals surface area contributed by atoms with E-state index in [1.165, 1.54) is 12.8 Å². The summed E-state index contributed by atoms with van der Waals surface area (Å²) >= 11 is 0. The highest BCUT2D eigenvalue weighted by atomic mass is 16.6. The van der Waals surface area contributed by atoms with Gasteiger partial charge in [0.05, 0.1) is 12.1 Å². The molecule has 0 bridgehead atoms. The number of rotatable bonds is 4. The van der Waals surface area contributed by atoms with Crippen LogP contribution in [0.3, 0.4) is 0 Å². The van der Waals surface area contributed by atoms with Crippen molar-refractivity contribution in [3.8, 4) is 0 Å². The molecule has 23 heavy (non-hydrogen) atoms. The summed E-state index contributed by atoms with van der Waals surface area (Å²) < 4.78 is 5.40. The van der Waals surface area contributed by atoms with Gasteiger partial charge in [0.1, 0.15) is 5.60 Å². The zero-order chi connectivity index (χ0) is 17.2. The molecule has 1 saturated carbocycles. The van der Waals surface area contributed by atoms with Gasteiger partial charge in [0.25, 0.3) is 0 Å². The minimum atomic E-state index is -0.491. The quantitative estimate of drug-likeness (QED) is 0.356. The number of carbonyl (C=O) groups excluding carboxylic acids is 1. The van der Waals surface area contributed by atoms with Gasteiger partial charge in [0, 0.05) is 20.1 Å². The average Bonchev–Trinajstić information content (AvgIpc) is 2.92. The highest BCUT2D eigenvalue weighted by Gasteiger charge is 2.42. The Bertz CT molecular complexity index is 449. The second-order valence-corrected chi connectivity index (χ2v) is 7.71. The lowest BCUT2D eigenvalue weighted by Crippen LogP contribution is -2.66. The predicted octanol–water partition coefficient (Wildman–Crippen LogP) is 1.84. The number of likely N-dealkylation sites (tertiary alicyclic amines) is 1. The van der Waals surface area contributed by atoms with Crippen molar-refractivity contribution in [1.29, 1.82) is 0 Å². The fraction of sp³-hybridized carbons (Fsp3) is 0.875. The van der Waals surface area contributed by atoms with Crippen LogP contribution in [0, 0.1) is 5.92 Å². The van der Waals surface area contributed by atoms with Crippen LogP contribution in [-0.2, 0) is 4.74 Å². The smallest absolute Gasteiger partial charge is 0.410 e. The number of ether oxygens (including phenoxy) is 1. The second-order valence-electron chi connectivity index (χ2n) is 7.71. The lowest BCUT2D eigenvalue weighted by molar-refractivity contribution is -0.0141. The standard InChI is InChI=1S/C16H30N4O3/c1-16(2,3)23-15(21)19(4)12-9-20(10-12)13(14(17)18-22)11-7-5-6-8-11/h11-13,22H,5-10H2,1-4H3,(H2,17,18)/t13-/m1/s1. The first-order valence-electron chi connectivity index (χ1n) is 8.40. The molecule has 3 N–H and O–H groups in total. The Labute approximate surface area is 138 Å². The van der Waals surface area contributed by atoms with Crippen LogP contribution in [0.25, 0.3) is 0 Å². The number of nitrogens with zero attached hydrogens (tertiary/aromatic N) is 3. The van der Waals surface area contributed by atoms with Gasteiger partial charge in [0.2, 0.25) is 0 Å². The van der Waals surface area contributed by atoms with Crippen molar-refractivity contribution in [3.05, 3.63) is 0 Å². The molecule has 2 rings (SSSR count). The van der Waals surface area contributed by atoms with E-state index < -0.39 is 5.60 Å². The Morgan fingerprint density at radius 1 is 1.35 bits per heavy atom. The maximum absolute atomic E-state index is 12.1. The molecule has 132 valence electrons. The summed E-state index contributed by atoms with van der Waals surface area (Å²) in [5.74, 6) is 0.731. The first-order chi connectivity index (χ1) is 10.7. The zero-order valence-corrected chi connectivity index (χ0v) is 14.7. The van der Waals surface area contributed by atoms with Crippen molar-refractivity contribution < 1.29 is 14.7 Å². The topological polar surface area (TPSA) is 91.4 Å². The van der Waals surface area contributed by atoms with Crippen LogP contribution in [0.5, 0.6) is 0 Å². The molecule has 7 nitrogen and oxygen atoms in total. The summed E-state index contributed by atoms with van der Waals surface area (Å²) in [6, 6.07) is 0.0889. The molecule has 1 saturated heterocycles. The SMILES string of the molecule is CN(C(=O)OC(C)(C)C)C1CN([C@@H](C(N)=NO)C2CCCC2)C1. The highest BCUT2D eigenvalue weighted by molar-refractivity contribution is 5.85. The van der Waals surface area contributed by atoms with Crippen LogP contribution in [0.15, 0.2) is 5.16 Å². The summed E-state index contributed by atoms with van der Waals surface area (Å²) in [7, 11) is 1.77. The van der Waals surface area contributed by atoms with Crippen LogP contribution in [-0.4, -0.2) is 64.8 Å². The summed E-state index contributed by atoms with van der Waals surface area (Å²) in [6.45, 7) is 7.04. The first-order valence-corrected chi connectivity index (χ1v) is 8.40. The molecule has 1 aliphatic carbocycles. The van der Waals surface area contributed by atoms with E-state index in [1.54, 1.807) is 11.9 Å². The van der Waals surface area contributed by atoms with Gasteiger partial charge in [-0.3, -0.25) is 4.90 Å². The minimum absolute atomic E-state index is 0.0224. The van der Waals surface area contributed by atoms with Gasteiger partial charge >= 0.3 is 6.09 Å². The molecule has 2 fully saturated rings. The molecule has 0 spiro atoms. The molecule has 0 aromatic heterocycles. The van der Waals surface area contributed by atoms with Crippen LogP contribution >= 0.6 is 0 Å². The van der Waals surface area contributed by atoms with E-state index in [2.05, 4.69) is 10.1 Å². The van der Waals surface area contributed by atoms with Gasteiger partial charge in [0.15, 0.2) is 5.84 Å². The number of hydrogen-bond acceptors (Lipinski definition) is 5. The van der Waals surface area contributed by atoms with Crippen molar-refractivity contribution >= 4 is 11.9 Å². The van der Waals surface area contributed by atoms with Gasteiger partial charge < -0.3 is 20.6 Å². The molecule has 2 aliphatic rings. The molecule has 0 aromatic carbocycles. The largest absolute Gasteiger partial charge is 0.444 e. The molecule has 0 aromatic rings. The molecule has 7 heteroatoms. The lowest BCUT2D eigenvalue weighted by atomic mass is 9.91. The second kappa shape index (κ2) is 6.95. The Morgan fingerprint density at radius 3 is 2.39 bits per heavy atom. The van der Waals surface area contributed by atoms with E-state index in [-0.39, 0.29) is 24.0 Å². The number of hydrogen-bond donors (Lipinski definition) is 2. The third kappa shape index (κ3) is 4.28. The van der Waals surface area contributed by atoms with Gasteiger partial charge in [-0.1, -0.05) is 18.0 Å². The van der Waals surface area contributed by atoms with E-state index in [4.69, 9.17) is 15.7 Å². The first kappa shape index (κ1) is 17.8. The molecule has 1 aliphatic heterocycles. The van der Waals surface area contributed by atoms with Gasteiger partial charge in [-0.25, -0.2) is 4.79 Å². The van der Waals surface area contributed by atoms with Gasteiger partial charge in [-0.2, -0.15) is 0 Å². The summed E-state index contributed by atoms with van der Waals surface area (Å²) in [6.07, 6.45) is 4.33. The van der Waals surface area contributed by atoms with Gasteiger partial charge in [-0.15, -0.1) is 0 Å². The fourth-order valence-corrected chi connectivity index (χ4v) is 3.50. The molecular weight excluding hydrogens is 296 g/mol. The monoisotopic (exact) mass is 326 g/mol. The third-order valence-electron chi connectivity index (χ3n) is 4.78. The maximum Gasteiger partial charge on any atom is 0.410 e. The van der Waals surface area contributed by atoms with E-state index >= 15 is 0 Å². The summed E-state index contributed by atoms with van der Waals surface area (Å²) in [4.78, 5) is 16.0. The molecular formula is C16H30N4O3. The van der Waals surface area contributed by atoms with Crippen molar-refractivity contribution in [2.24, 2.45) is 16.8 Å². The predicted molar refractivity (Wildman–Crippen MR) is 88.5 cm³/mol. The van der Waals surface area contributed by atoms with Crippen LogP contribution < -0.4 is 5.73 Å². The zero-order valence-electron chi connectivity index (χ0n) is 14.7. The highest BCUT2D eigenvalue weighted by Crippen LogP contribution is 2.33. The Morgan fingerprint density at radius 2 is 1.91 bits per heavy atom.